The molecule has 5 aliphatic rings. The third-order valence-corrected chi connectivity index (χ3v) is 12.8. The van der Waals surface area contributed by atoms with Crippen LogP contribution in [-0.2, 0) is 11.2 Å². The summed E-state index contributed by atoms with van der Waals surface area (Å²) in [4.78, 5) is 36.0. The van der Waals surface area contributed by atoms with Crippen molar-refractivity contribution in [2.75, 3.05) is 26.7 Å². The fraction of sp³-hybridized carbons (Fsp3) is 0.487. The van der Waals surface area contributed by atoms with Crippen molar-refractivity contribution in [3.63, 3.8) is 0 Å². The molecule has 4 aromatic rings. The quantitative estimate of drug-likeness (QED) is 0.193. The highest BCUT2D eigenvalue weighted by atomic mass is 35.5. The molecule has 1 saturated carbocycles. The number of ether oxygens (including phenoxy) is 1. The molecule has 2 bridgehead atoms. The highest BCUT2D eigenvalue weighted by molar-refractivity contribution is 6.43. The van der Waals surface area contributed by atoms with Crippen LogP contribution >= 0.6 is 23.2 Å². The van der Waals surface area contributed by atoms with Crippen LogP contribution in [0.3, 0.4) is 0 Å². The molecule has 2 aromatic heterocycles. The largest absolute Gasteiger partial charge is 0.472 e. The average molecular weight is 748 g/mol. The Morgan fingerprint density at radius 2 is 1.94 bits per heavy atom. The fourth-order valence-corrected chi connectivity index (χ4v) is 9.99. The number of hydrogen-bond donors (Lipinski definition) is 1. The Hall–Kier alpha value is -4.11. The van der Waals surface area contributed by atoms with E-state index in [0.717, 1.165) is 44.3 Å². The molecule has 0 radical (unpaired) electrons. The van der Waals surface area contributed by atoms with Crippen LogP contribution in [0.2, 0.25) is 10.0 Å². The molecule has 6 heterocycles. The van der Waals surface area contributed by atoms with Crippen LogP contribution in [0, 0.1) is 23.1 Å². The van der Waals surface area contributed by atoms with E-state index < -0.39 is 11.9 Å². The number of halogens is 3. The van der Waals surface area contributed by atoms with Gasteiger partial charge in [-0.25, -0.2) is 14.2 Å². The van der Waals surface area contributed by atoms with E-state index in [-0.39, 0.29) is 81.9 Å². The number of fused-ring (bicyclic) bond motifs is 4. The monoisotopic (exact) mass is 746 g/mol. The van der Waals surface area contributed by atoms with Gasteiger partial charge in [0.2, 0.25) is 11.8 Å². The highest BCUT2D eigenvalue weighted by Crippen LogP contribution is 2.54. The topological polar surface area (TPSA) is 115 Å². The van der Waals surface area contributed by atoms with Crippen molar-refractivity contribution < 1.29 is 23.8 Å². The van der Waals surface area contributed by atoms with Crippen LogP contribution in [0.25, 0.3) is 32.9 Å². The van der Waals surface area contributed by atoms with Crippen LogP contribution in [0.1, 0.15) is 75.7 Å². The Morgan fingerprint density at radius 1 is 1.15 bits per heavy atom. The molecular formula is C39H41Cl2FN6O4. The van der Waals surface area contributed by atoms with Gasteiger partial charge in [-0.15, -0.1) is 0 Å². The number of carbonyl (C=O) groups excluding carboxylic acids is 1. The Balaban J connectivity index is 1.45. The second-order valence-corrected chi connectivity index (χ2v) is 15.7. The third-order valence-electron chi connectivity index (χ3n) is 12.0. The molecule has 3 unspecified atom stereocenters. The number of likely N-dealkylation sites (N-methyl/N-ethyl adjacent to an activating group) is 1. The summed E-state index contributed by atoms with van der Waals surface area (Å²) in [6.07, 6.45) is 3.47. The Kier molecular flexibility index (Phi) is 9.00. The summed E-state index contributed by atoms with van der Waals surface area (Å²) in [5.74, 6) is -0.297. The number of pyridine rings is 1. The van der Waals surface area contributed by atoms with Crippen molar-refractivity contribution in [2.24, 2.45) is 5.92 Å². The van der Waals surface area contributed by atoms with Crippen LogP contribution in [0.5, 0.6) is 5.88 Å². The van der Waals surface area contributed by atoms with Gasteiger partial charge in [-0.1, -0.05) is 35.3 Å². The molecule has 10 nitrogen and oxygen atoms in total. The zero-order valence-corrected chi connectivity index (χ0v) is 30.9. The van der Waals surface area contributed by atoms with E-state index in [4.69, 9.17) is 32.9 Å². The number of carbonyl (C=O) groups is 2. The first-order chi connectivity index (χ1) is 25.0. The van der Waals surface area contributed by atoms with Gasteiger partial charge in [-0.05, 0) is 82.8 Å². The highest BCUT2D eigenvalue weighted by Gasteiger charge is 2.56. The maximum Gasteiger partial charge on any atom is 0.407 e. The number of aryl methyl sites for hydroxylation is 1. The Bertz CT molecular complexity index is 2170. The SMILES string of the molecule is CC(=O)N1CCCC1c1cc2c(OC(C)C3CCCN3C)nc3c(F)c(-c4cccc(Cl)c4Cl)c(CCC#N)cc3c2n1[C@H]1[C@@H]2C[C@H]1N(C(=O)O)C2. The van der Waals surface area contributed by atoms with Gasteiger partial charge in [0.1, 0.15) is 11.6 Å². The molecular weight excluding hydrogens is 706 g/mol. The van der Waals surface area contributed by atoms with E-state index in [1.54, 1.807) is 25.1 Å². The summed E-state index contributed by atoms with van der Waals surface area (Å²) in [5.41, 5.74) is 2.88. The average Bonchev–Trinajstić information content (AvgIpc) is 3.94. The number of benzene rings is 2. The van der Waals surface area contributed by atoms with Crippen molar-refractivity contribution in [1.82, 2.24) is 24.3 Å². The number of amides is 2. The lowest BCUT2D eigenvalue weighted by atomic mass is 9.79. The maximum atomic E-state index is 17.5. The predicted octanol–water partition coefficient (Wildman–Crippen LogP) is 8.23. The zero-order chi connectivity index (χ0) is 36.6. The summed E-state index contributed by atoms with van der Waals surface area (Å²) in [6, 6.07) is 10.6. The number of carboxylic acid groups (broad SMARTS) is 1. The molecule has 4 aliphatic heterocycles. The summed E-state index contributed by atoms with van der Waals surface area (Å²) in [7, 11) is 2.08. The predicted molar refractivity (Wildman–Crippen MR) is 197 cm³/mol. The molecule has 9 rings (SSSR count). The number of nitriles is 1. The summed E-state index contributed by atoms with van der Waals surface area (Å²) in [5, 5.41) is 21.5. The first kappa shape index (κ1) is 34.9. The van der Waals surface area contributed by atoms with E-state index in [1.165, 1.54) is 4.90 Å². The van der Waals surface area contributed by atoms with Crippen LogP contribution in [-0.4, -0.2) is 86.2 Å². The lowest BCUT2D eigenvalue weighted by molar-refractivity contribution is -0.129. The smallest absolute Gasteiger partial charge is 0.407 e. The molecule has 1 aliphatic carbocycles. The summed E-state index contributed by atoms with van der Waals surface area (Å²) >= 11 is 13.2. The minimum absolute atomic E-state index is 0.0340. The first-order valence-corrected chi connectivity index (χ1v) is 18.9. The molecule has 6 atom stereocenters. The molecule has 1 N–H and O–H groups in total. The van der Waals surface area contributed by atoms with Gasteiger partial charge in [0, 0.05) is 60.6 Å². The first-order valence-electron chi connectivity index (χ1n) is 18.1. The molecule has 4 saturated heterocycles. The van der Waals surface area contributed by atoms with Crippen LogP contribution in [0.15, 0.2) is 30.3 Å². The number of likely N-dealkylation sites (tertiary alicyclic amines) is 2. The van der Waals surface area contributed by atoms with Crippen molar-refractivity contribution in [1.29, 1.82) is 5.26 Å². The van der Waals surface area contributed by atoms with Crippen LogP contribution < -0.4 is 4.74 Å². The van der Waals surface area contributed by atoms with E-state index in [0.29, 0.717) is 40.5 Å². The number of rotatable bonds is 8. The van der Waals surface area contributed by atoms with E-state index in [2.05, 4.69) is 22.6 Å². The number of hydrogen-bond acceptors (Lipinski definition) is 6. The molecule has 2 amide bonds. The molecule has 13 heteroatoms. The normalized spacial score (nSPS) is 24.8. The molecule has 272 valence electrons. The standard InChI is InChI=1S/C39H41Cl2FN6O4/c1-20(28-11-6-14-45(28)3)52-38-26-18-30(29-12-7-15-46(29)21(2)49)48(36-23-17-31(36)47(19-23)39(50)51)37(26)25-16-22(8-5-13-43)32(34(42)35(25)44-38)24-9-4-10-27(40)33(24)41/h4,9-10,16,18,20,23,28-29,31,36H,5-8,11-12,14-15,17,19H2,1-3H3,(H,50,51)/t20?,23-,28?,29?,31-,36+/m1/s1. The lowest BCUT2D eigenvalue weighted by Gasteiger charge is -2.40. The fourth-order valence-electron chi connectivity index (χ4n) is 9.60. The van der Waals surface area contributed by atoms with Gasteiger partial charge in [-0.2, -0.15) is 5.26 Å². The van der Waals surface area contributed by atoms with Gasteiger partial charge in [0.05, 0.1) is 45.1 Å². The van der Waals surface area contributed by atoms with Gasteiger partial charge < -0.3 is 24.2 Å². The van der Waals surface area contributed by atoms with E-state index >= 15 is 4.39 Å². The van der Waals surface area contributed by atoms with Crippen molar-refractivity contribution in [3.8, 4) is 23.1 Å². The zero-order valence-electron chi connectivity index (χ0n) is 29.4. The number of aromatic nitrogens is 2. The third kappa shape index (κ3) is 5.48. The molecule has 5 fully saturated rings. The minimum Gasteiger partial charge on any atom is -0.472 e. The van der Waals surface area contributed by atoms with Crippen molar-refractivity contribution in [2.45, 2.75) is 89.1 Å². The lowest BCUT2D eigenvalue weighted by Crippen LogP contribution is -2.43. The van der Waals surface area contributed by atoms with Gasteiger partial charge in [0.25, 0.3) is 0 Å². The molecule has 52 heavy (non-hydrogen) atoms. The van der Waals surface area contributed by atoms with Gasteiger partial charge >= 0.3 is 6.09 Å². The summed E-state index contributed by atoms with van der Waals surface area (Å²) in [6.45, 7) is 5.57. The Morgan fingerprint density at radius 3 is 2.63 bits per heavy atom. The van der Waals surface area contributed by atoms with Gasteiger partial charge in [0.15, 0.2) is 5.82 Å². The Labute approximate surface area is 311 Å². The van der Waals surface area contributed by atoms with E-state index in [1.807, 2.05) is 24.0 Å². The van der Waals surface area contributed by atoms with Crippen molar-refractivity contribution >= 4 is 57.0 Å². The maximum absolute atomic E-state index is 17.5. The van der Waals surface area contributed by atoms with Crippen molar-refractivity contribution in [3.05, 3.63) is 57.5 Å². The molecule has 0 spiro atoms. The van der Waals surface area contributed by atoms with Gasteiger partial charge in [-0.3, -0.25) is 9.69 Å². The second-order valence-electron chi connectivity index (χ2n) is 14.9. The van der Waals surface area contributed by atoms with E-state index in [9.17, 15) is 20.0 Å². The second kappa shape index (κ2) is 13.4. The minimum atomic E-state index is -0.961. The molecule has 2 aromatic carbocycles. The number of nitrogens with zero attached hydrogens (tertiary/aromatic N) is 6. The summed E-state index contributed by atoms with van der Waals surface area (Å²) < 4.78 is 26.5. The van der Waals surface area contributed by atoms with Crippen LogP contribution in [0.4, 0.5) is 9.18 Å².